The summed E-state index contributed by atoms with van der Waals surface area (Å²) < 4.78 is 11.4. The highest BCUT2D eigenvalue weighted by Crippen LogP contribution is 2.25. The Labute approximate surface area is 116 Å². The van der Waals surface area contributed by atoms with Gasteiger partial charge in [-0.15, -0.1) is 0 Å². The van der Waals surface area contributed by atoms with Gasteiger partial charge in [-0.3, -0.25) is 0 Å². The van der Waals surface area contributed by atoms with Gasteiger partial charge in [0.05, 0.1) is 17.8 Å². The summed E-state index contributed by atoms with van der Waals surface area (Å²) in [7, 11) is 0. The lowest BCUT2D eigenvalue weighted by molar-refractivity contribution is -0.00662. The number of hydrogen-bond donors (Lipinski definition) is 1. The third kappa shape index (κ3) is 2.34. The molecular weight excluding hydrogens is 260 g/mol. The van der Waals surface area contributed by atoms with Crippen LogP contribution in [0.1, 0.15) is 24.2 Å². The van der Waals surface area contributed by atoms with Crippen LogP contribution in [-0.2, 0) is 4.74 Å². The molecule has 0 unspecified atom stereocenters. The number of rotatable bonds is 2. The number of morpholine rings is 1. The van der Waals surface area contributed by atoms with Crippen LogP contribution < -0.4 is 4.90 Å². The van der Waals surface area contributed by atoms with Gasteiger partial charge in [0.1, 0.15) is 5.52 Å². The number of nitrogens with zero attached hydrogens (tertiary/aromatic N) is 2. The first-order valence-corrected chi connectivity index (χ1v) is 6.57. The highest BCUT2D eigenvalue weighted by atomic mass is 16.5. The van der Waals surface area contributed by atoms with E-state index < -0.39 is 5.97 Å². The average Bonchev–Trinajstić information content (AvgIpc) is 2.80. The fourth-order valence-corrected chi connectivity index (χ4v) is 2.51. The van der Waals surface area contributed by atoms with E-state index in [1.54, 1.807) is 6.07 Å². The van der Waals surface area contributed by atoms with Crippen LogP contribution in [0.25, 0.3) is 11.1 Å². The van der Waals surface area contributed by atoms with E-state index in [2.05, 4.69) is 4.98 Å². The number of oxazole rings is 1. The Hall–Kier alpha value is -2.08. The van der Waals surface area contributed by atoms with Crippen LogP contribution in [0.4, 0.5) is 6.01 Å². The first kappa shape index (κ1) is 12.9. The summed E-state index contributed by atoms with van der Waals surface area (Å²) in [5, 5.41) is 8.98. The van der Waals surface area contributed by atoms with Gasteiger partial charge in [0.25, 0.3) is 6.01 Å². The zero-order valence-electron chi connectivity index (χ0n) is 11.4. The molecule has 1 N–H and O–H groups in total. The maximum Gasteiger partial charge on any atom is 0.335 e. The number of ether oxygens (including phenoxy) is 1. The van der Waals surface area contributed by atoms with Crippen molar-refractivity contribution in [2.45, 2.75) is 26.1 Å². The van der Waals surface area contributed by atoms with Gasteiger partial charge in [0.15, 0.2) is 5.58 Å². The summed E-state index contributed by atoms with van der Waals surface area (Å²) in [4.78, 5) is 17.4. The Morgan fingerprint density at radius 2 is 2.05 bits per heavy atom. The van der Waals surface area contributed by atoms with E-state index in [9.17, 15) is 4.79 Å². The van der Waals surface area contributed by atoms with Crippen molar-refractivity contribution in [1.29, 1.82) is 0 Å². The van der Waals surface area contributed by atoms with Gasteiger partial charge in [0, 0.05) is 13.1 Å². The van der Waals surface area contributed by atoms with Gasteiger partial charge in [-0.25, -0.2) is 4.79 Å². The minimum atomic E-state index is -0.974. The van der Waals surface area contributed by atoms with Crippen LogP contribution in [0.15, 0.2) is 22.6 Å². The largest absolute Gasteiger partial charge is 0.478 e. The molecule has 106 valence electrons. The number of carboxylic acid groups (broad SMARTS) is 1. The van der Waals surface area contributed by atoms with Crippen molar-refractivity contribution in [3.8, 4) is 0 Å². The summed E-state index contributed by atoms with van der Waals surface area (Å²) in [6, 6.07) is 5.21. The van der Waals surface area contributed by atoms with Crippen LogP contribution in [-0.4, -0.2) is 41.4 Å². The summed E-state index contributed by atoms with van der Waals surface area (Å²) in [6.45, 7) is 5.44. The highest BCUT2D eigenvalue weighted by Gasteiger charge is 2.25. The topological polar surface area (TPSA) is 75.8 Å². The van der Waals surface area contributed by atoms with Crippen molar-refractivity contribution in [3.63, 3.8) is 0 Å². The monoisotopic (exact) mass is 276 g/mol. The molecule has 2 atom stereocenters. The zero-order valence-corrected chi connectivity index (χ0v) is 11.4. The maximum absolute atomic E-state index is 11.0. The fraction of sp³-hybridized carbons (Fsp3) is 0.429. The first-order chi connectivity index (χ1) is 9.52. The van der Waals surface area contributed by atoms with Crippen LogP contribution in [0.3, 0.4) is 0 Å². The van der Waals surface area contributed by atoms with Crippen molar-refractivity contribution in [1.82, 2.24) is 4.98 Å². The second-order valence-electron chi connectivity index (χ2n) is 5.15. The molecule has 6 nitrogen and oxygen atoms in total. The van der Waals surface area contributed by atoms with Gasteiger partial charge >= 0.3 is 5.97 Å². The van der Waals surface area contributed by atoms with Crippen molar-refractivity contribution < 1.29 is 19.1 Å². The van der Waals surface area contributed by atoms with Gasteiger partial charge in [0.2, 0.25) is 0 Å². The van der Waals surface area contributed by atoms with Gasteiger partial charge in [-0.1, -0.05) is 0 Å². The van der Waals surface area contributed by atoms with Crippen LogP contribution in [0.2, 0.25) is 0 Å². The first-order valence-electron chi connectivity index (χ1n) is 6.57. The van der Waals surface area contributed by atoms with Crippen LogP contribution >= 0.6 is 0 Å². The summed E-state index contributed by atoms with van der Waals surface area (Å²) >= 11 is 0. The lowest BCUT2D eigenvalue weighted by Crippen LogP contribution is -2.45. The molecule has 0 spiro atoms. The number of aromatic nitrogens is 1. The second kappa shape index (κ2) is 4.79. The molecule has 1 fully saturated rings. The molecule has 0 bridgehead atoms. The number of fused-ring (bicyclic) bond motifs is 1. The maximum atomic E-state index is 11.0. The third-order valence-corrected chi connectivity index (χ3v) is 3.31. The quantitative estimate of drug-likeness (QED) is 0.905. The fourth-order valence-electron chi connectivity index (χ4n) is 2.51. The van der Waals surface area contributed by atoms with E-state index in [-0.39, 0.29) is 17.8 Å². The van der Waals surface area contributed by atoms with Crippen LogP contribution in [0, 0.1) is 0 Å². The van der Waals surface area contributed by atoms with Crippen molar-refractivity contribution in [2.24, 2.45) is 0 Å². The zero-order chi connectivity index (χ0) is 14.3. The molecule has 1 aromatic heterocycles. The Morgan fingerprint density at radius 1 is 1.35 bits per heavy atom. The van der Waals surface area contributed by atoms with E-state index in [1.807, 2.05) is 18.7 Å². The van der Waals surface area contributed by atoms with Crippen LogP contribution in [0.5, 0.6) is 0 Å². The molecule has 0 amide bonds. The van der Waals surface area contributed by atoms with Gasteiger partial charge in [-0.05, 0) is 32.0 Å². The number of carbonyl (C=O) groups is 1. The molecular formula is C14H16N2O4. The standard InChI is InChI=1S/C14H16N2O4/c1-8-6-16(7-9(2)19-8)14-15-11-4-3-10(13(17)18)5-12(11)20-14/h3-5,8-9H,6-7H2,1-2H3,(H,17,18)/t8-,9+. The minimum Gasteiger partial charge on any atom is -0.478 e. The molecule has 0 radical (unpaired) electrons. The van der Waals surface area contributed by atoms with Crippen molar-refractivity contribution in [2.75, 3.05) is 18.0 Å². The van der Waals surface area contributed by atoms with E-state index in [0.717, 1.165) is 0 Å². The Balaban J connectivity index is 1.94. The molecule has 1 aliphatic rings. The molecule has 1 aliphatic heterocycles. The molecule has 1 aromatic carbocycles. The summed E-state index contributed by atoms with van der Waals surface area (Å²) in [5.74, 6) is -0.974. The second-order valence-corrected chi connectivity index (χ2v) is 5.15. The smallest absolute Gasteiger partial charge is 0.335 e. The molecule has 0 aliphatic carbocycles. The number of benzene rings is 1. The predicted molar refractivity (Wildman–Crippen MR) is 73.2 cm³/mol. The lowest BCUT2D eigenvalue weighted by Gasteiger charge is -2.34. The minimum absolute atomic E-state index is 0.114. The average molecular weight is 276 g/mol. The highest BCUT2D eigenvalue weighted by molar-refractivity contribution is 5.92. The third-order valence-electron chi connectivity index (χ3n) is 3.31. The Bertz CT molecular complexity index is 642. The summed E-state index contributed by atoms with van der Waals surface area (Å²) in [5.41, 5.74) is 1.35. The molecule has 2 heterocycles. The Kier molecular flexibility index (Phi) is 3.10. The van der Waals surface area contributed by atoms with Crippen molar-refractivity contribution >= 4 is 23.1 Å². The number of anilines is 1. The molecule has 3 rings (SSSR count). The normalized spacial score (nSPS) is 23.2. The predicted octanol–water partition coefficient (Wildman–Crippen LogP) is 2.14. The molecule has 0 saturated carbocycles. The molecule has 6 heteroatoms. The molecule has 2 aromatic rings. The van der Waals surface area contributed by atoms with E-state index in [0.29, 0.717) is 30.2 Å². The Morgan fingerprint density at radius 3 is 2.70 bits per heavy atom. The van der Waals surface area contributed by atoms with E-state index >= 15 is 0 Å². The number of carboxylic acids is 1. The van der Waals surface area contributed by atoms with E-state index in [1.165, 1.54) is 12.1 Å². The van der Waals surface area contributed by atoms with Crippen molar-refractivity contribution in [3.05, 3.63) is 23.8 Å². The molecule has 20 heavy (non-hydrogen) atoms. The number of hydrogen-bond acceptors (Lipinski definition) is 5. The van der Waals surface area contributed by atoms with E-state index in [4.69, 9.17) is 14.3 Å². The van der Waals surface area contributed by atoms with Gasteiger partial charge < -0.3 is 19.2 Å². The SMILES string of the molecule is C[C@@H]1CN(c2nc3ccc(C(=O)O)cc3o2)C[C@H](C)O1. The number of aromatic carboxylic acids is 1. The molecule has 1 saturated heterocycles. The summed E-state index contributed by atoms with van der Waals surface area (Å²) in [6.07, 6.45) is 0.228. The lowest BCUT2D eigenvalue weighted by atomic mass is 10.2. The van der Waals surface area contributed by atoms with Gasteiger partial charge in [-0.2, -0.15) is 4.98 Å².